The molecule has 1 aliphatic carbocycles. The summed E-state index contributed by atoms with van der Waals surface area (Å²) in [5.41, 5.74) is 3.20. The summed E-state index contributed by atoms with van der Waals surface area (Å²) in [7, 11) is 0. The van der Waals surface area contributed by atoms with E-state index >= 15 is 0 Å². The van der Waals surface area contributed by atoms with E-state index < -0.39 is 6.04 Å². The van der Waals surface area contributed by atoms with E-state index in [2.05, 4.69) is 21.2 Å². The molecule has 6 nitrogen and oxygen atoms in total. The predicted molar refractivity (Wildman–Crippen MR) is 165 cm³/mol. The van der Waals surface area contributed by atoms with Gasteiger partial charge in [0.25, 0.3) is 5.91 Å². The van der Waals surface area contributed by atoms with Gasteiger partial charge in [0.2, 0.25) is 11.8 Å². The van der Waals surface area contributed by atoms with Crippen LogP contribution in [0.3, 0.4) is 0 Å². The van der Waals surface area contributed by atoms with E-state index in [1.54, 1.807) is 9.80 Å². The summed E-state index contributed by atoms with van der Waals surface area (Å²) in [5, 5.41) is 5.07. The highest BCUT2D eigenvalue weighted by atomic mass is 79.9. The molecule has 1 aliphatic heterocycles. The fraction of sp³-hybridized carbons (Fsp3) is 0.265. The number of anilines is 1. The van der Waals surface area contributed by atoms with Crippen LogP contribution in [0.15, 0.2) is 95.5 Å². The smallest absolute Gasteiger partial charge is 0.259 e. The van der Waals surface area contributed by atoms with Crippen LogP contribution in [-0.2, 0) is 22.6 Å². The lowest BCUT2D eigenvalue weighted by Crippen LogP contribution is -2.54. The minimum atomic E-state index is -0.736. The topological polar surface area (TPSA) is 69.7 Å². The van der Waals surface area contributed by atoms with Gasteiger partial charge in [0, 0.05) is 34.4 Å². The molecule has 7 heteroatoms. The van der Waals surface area contributed by atoms with Crippen LogP contribution >= 0.6 is 15.9 Å². The van der Waals surface area contributed by atoms with Gasteiger partial charge in [-0.2, -0.15) is 0 Å². The maximum absolute atomic E-state index is 14.3. The molecular weight excluding hydrogens is 578 g/mol. The zero-order valence-electron chi connectivity index (χ0n) is 22.8. The Morgan fingerprint density at radius 2 is 1.61 bits per heavy atom. The average Bonchev–Trinajstić information content (AvgIpc) is 3.59. The van der Waals surface area contributed by atoms with Crippen molar-refractivity contribution in [3.63, 3.8) is 0 Å². The number of carbonyl (C=O) groups excluding carboxylic acids is 3. The SMILES string of the molecule is O=C(NC1CCCC1)C(Cc1ccccc1)N(Cc1cccc(Br)c1)C(=O)CN1C(=O)c2cccc3cccc1c23. The highest BCUT2D eigenvalue weighted by Crippen LogP contribution is 2.37. The van der Waals surface area contributed by atoms with Gasteiger partial charge in [-0.15, -0.1) is 0 Å². The molecule has 0 bridgehead atoms. The van der Waals surface area contributed by atoms with Crippen molar-refractivity contribution in [2.24, 2.45) is 0 Å². The number of amides is 3. The predicted octanol–water partition coefficient (Wildman–Crippen LogP) is 6.26. The number of carbonyl (C=O) groups is 3. The highest BCUT2D eigenvalue weighted by molar-refractivity contribution is 9.10. The Labute approximate surface area is 248 Å². The van der Waals surface area contributed by atoms with Crippen molar-refractivity contribution in [1.82, 2.24) is 10.2 Å². The molecule has 0 spiro atoms. The molecule has 1 atom stereocenters. The lowest BCUT2D eigenvalue weighted by molar-refractivity contribution is -0.140. The molecule has 1 fully saturated rings. The van der Waals surface area contributed by atoms with Gasteiger partial charge in [-0.25, -0.2) is 0 Å². The molecule has 4 aromatic rings. The summed E-state index contributed by atoms with van der Waals surface area (Å²) in [4.78, 5) is 45.0. The standard InChI is InChI=1S/C34H32BrN3O3/c35-26-14-6-11-24(19-26)21-37(30(20-23-9-2-1-3-10-23)33(40)36-27-15-4-5-16-27)31(39)22-38-29-18-8-13-25-12-7-17-28(32(25)29)34(38)41/h1-3,6-14,17-19,27,30H,4-5,15-16,20-22H2,(H,36,40). The van der Waals surface area contributed by atoms with E-state index in [-0.39, 0.29) is 36.9 Å². The number of benzene rings is 4. The molecule has 1 N–H and O–H groups in total. The van der Waals surface area contributed by atoms with Crippen molar-refractivity contribution in [1.29, 1.82) is 0 Å². The lowest BCUT2D eigenvalue weighted by Gasteiger charge is -2.33. The summed E-state index contributed by atoms with van der Waals surface area (Å²) in [6.07, 6.45) is 4.47. The third-order valence-electron chi connectivity index (χ3n) is 8.16. The second kappa shape index (κ2) is 11.9. The number of halogens is 1. The molecule has 41 heavy (non-hydrogen) atoms. The quantitative estimate of drug-likeness (QED) is 0.243. The molecule has 6 rings (SSSR count). The zero-order valence-corrected chi connectivity index (χ0v) is 24.3. The molecular formula is C34H32BrN3O3. The van der Waals surface area contributed by atoms with Crippen molar-refractivity contribution in [3.8, 4) is 0 Å². The van der Waals surface area contributed by atoms with E-state index in [1.807, 2.05) is 91.0 Å². The van der Waals surface area contributed by atoms with Gasteiger partial charge in [-0.3, -0.25) is 19.3 Å². The molecule has 1 heterocycles. The Kier molecular flexibility index (Phi) is 7.88. The molecule has 208 valence electrons. The molecule has 3 amide bonds. The summed E-state index contributed by atoms with van der Waals surface area (Å²) >= 11 is 3.54. The molecule has 2 aliphatic rings. The summed E-state index contributed by atoms with van der Waals surface area (Å²) in [6, 6.07) is 28.4. The molecule has 4 aromatic carbocycles. The maximum Gasteiger partial charge on any atom is 0.259 e. The first kappa shape index (κ1) is 27.2. The van der Waals surface area contributed by atoms with Crippen molar-refractivity contribution in [3.05, 3.63) is 112 Å². The first-order valence-electron chi connectivity index (χ1n) is 14.2. The van der Waals surface area contributed by atoms with Gasteiger partial charge >= 0.3 is 0 Å². The summed E-state index contributed by atoms with van der Waals surface area (Å²) in [6.45, 7) is 0.0929. The van der Waals surface area contributed by atoms with Gasteiger partial charge in [0.1, 0.15) is 12.6 Å². The highest BCUT2D eigenvalue weighted by Gasteiger charge is 2.36. The van der Waals surface area contributed by atoms with Gasteiger partial charge in [0.15, 0.2) is 0 Å². The monoisotopic (exact) mass is 609 g/mol. The minimum Gasteiger partial charge on any atom is -0.352 e. The van der Waals surface area contributed by atoms with Crippen molar-refractivity contribution in [2.45, 2.75) is 50.7 Å². The minimum absolute atomic E-state index is 0.121. The Morgan fingerprint density at radius 3 is 2.37 bits per heavy atom. The van der Waals surface area contributed by atoms with Gasteiger partial charge < -0.3 is 10.2 Å². The third kappa shape index (κ3) is 5.77. The Hall–Kier alpha value is -3.97. The van der Waals surface area contributed by atoms with E-state index in [0.717, 1.165) is 57.7 Å². The van der Waals surface area contributed by atoms with E-state index in [4.69, 9.17) is 0 Å². The fourth-order valence-corrected chi connectivity index (χ4v) is 6.56. The fourth-order valence-electron chi connectivity index (χ4n) is 6.12. The Morgan fingerprint density at radius 1 is 0.902 bits per heavy atom. The second-order valence-electron chi connectivity index (χ2n) is 10.9. The van der Waals surface area contributed by atoms with Crippen LogP contribution in [0.1, 0.15) is 47.2 Å². The molecule has 0 radical (unpaired) electrons. The summed E-state index contributed by atoms with van der Waals surface area (Å²) < 4.78 is 0.897. The number of hydrogen-bond acceptors (Lipinski definition) is 3. The first-order valence-corrected chi connectivity index (χ1v) is 15.0. The van der Waals surface area contributed by atoms with Gasteiger partial charge in [-0.05, 0) is 53.6 Å². The molecule has 0 saturated heterocycles. The Bertz CT molecular complexity index is 1590. The second-order valence-corrected chi connectivity index (χ2v) is 11.8. The van der Waals surface area contributed by atoms with Crippen LogP contribution < -0.4 is 10.2 Å². The molecule has 0 aromatic heterocycles. The number of nitrogens with one attached hydrogen (secondary N) is 1. The normalized spacial score (nSPS) is 15.3. The van der Waals surface area contributed by atoms with Crippen LogP contribution in [0.25, 0.3) is 10.8 Å². The third-order valence-corrected chi connectivity index (χ3v) is 8.65. The molecule has 1 saturated carbocycles. The number of rotatable bonds is 9. The average molecular weight is 611 g/mol. The zero-order chi connectivity index (χ0) is 28.3. The maximum atomic E-state index is 14.3. The van der Waals surface area contributed by atoms with Crippen LogP contribution in [0.2, 0.25) is 0 Å². The number of hydrogen-bond donors (Lipinski definition) is 1. The largest absolute Gasteiger partial charge is 0.352 e. The molecule has 1 unspecified atom stereocenters. The first-order chi connectivity index (χ1) is 20.0. The van der Waals surface area contributed by atoms with Gasteiger partial charge in [0.05, 0.1) is 5.69 Å². The number of nitrogens with zero attached hydrogens (tertiary/aromatic N) is 2. The lowest BCUT2D eigenvalue weighted by atomic mass is 10.0. The van der Waals surface area contributed by atoms with Crippen LogP contribution in [0.5, 0.6) is 0 Å². The van der Waals surface area contributed by atoms with Crippen LogP contribution in [0.4, 0.5) is 5.69 Å². The van der Waals surface area contributed by atoms with E-state index in [0.29, 0.717) is 12.0 Å². The van der Waals surface area contributed by atoms with Gasteiger partial charge in [-0.1, -0.05) is 95.5 Å². The van der Waals surface area contributed by atoms with E-state index in [9.17, 15) is 14.4 Å². The van der Waals surface area contributed by atoms with Crippen LogP contribution in [-0.4, -0.2) is 41.2 Å². The summed E-state index contributed by atoms with van der Waals surface area (Å²) in [5.74, 6) is -0.615. The van der Waals surface area contributed by atoms with Crippen molar-refractivity contribution >= 4 is 50.1 Å². The van der Waals surface area contributed by atoms with E-state index in [1.165, 1.54) is 0 Å². The van der Waals surface area contributed by atoms with Crippen LogP contribution in [0, 0.1) is 0 Å². The Balaban J connectivity index is 1.35. The van der Waals surface area contributed by atoms with Crippen molar-refractivity contribution < 1.29 is 14.4 Å². The van der Waals surface area contributed by atoms with Crippen molar-refractivity contribution in [2.75, 3.05) is 11.4 Å².